The van der Waals surface area contributed by atoms with E-state index < -0.39 is 11.7 Å². The quantitative estimate of drug-likeness (QED) is 0.256. The van der Waals surface area contributed by atoms with Gasteiger partial charge < -0.3 is 15.4 Å². The van der Waals surface area contributed by atoms with E-state index in [9.17, 15) is 13.2 Å². The van der Waals surface area contributed by atoms with Crippen molar-refractivity contribution >= 4 is 29.9 Å². The highest BCUT2D eigenvalue weighted by molar-refractivity contribution is 14.0. The van der Waals surface area contributed by atoms with Gasteiger partial charge in [-0.05, 0) is 18.6 Å². The number of hydrogen-bond donors (Lipinski definition) is 2. The molecule has 0 amide bonds. The van der Waals surface area contributed by atoms with Crippen LogP contribution in [-0.4, -0.2) is 47.0 Å². The van der Waals surface area contributed by atoms with Gasteiger partial charge in [0.2, 0.25) is 0 Å². The maximum absolute atomic E-state index is 13.0. The van der Waals surface area contributed by atoms with Crippen molar-refractivity contribution in [3.8, 4) is 5.75 Å². The van der Waals surface area contributed by atoms with Crippen molar-refractivity contribution in [3.05, 3.63) is 41.5 Å². The molecule has 1 aliphatic heterocycles. The van der Waals surface area contributed by atoms with Crippen molar-refractivity contribution in [2.24, 2.45) is 4.99 Å². The zero-order valence-electron chi connectivity index (χ0n) is 16.9. The van der Waals surface area contributed by atoms with Crippen molar-refractivity contribution in [3.63, 3.8) is 0 Å². The fourth-order valence-corrected chi connectivity index (χ4v) is 3.17. The maximum atomic E-state index is 13.0. The smallest absolute Gasteiger partial charge is 0.419 e. The molecule has 7 nitrogen and oxygen atoms in total. The summed E-state index contributed by atoms with van der Waals surface area (Å²) >= 11 is 0. The molecule has 0 saturated heterocycles. The van der Waals surface area contributed by atoms with Crippen LogP contribution in [0.4, 0.5) is 13.2 Å². The summed E-state index contributed by atoms with van der Waals surface area (Å²) in [4.78, 5) is 8.67. The Morgan fingerprint density at radius 3 is 2.80 bits per heavy atom. The summed E-state index contributed by atoms with van der Waals surface area (Å²) < 4.78 is 46.2. The van der Waals surface area contributed by atoms with Gasteiger partial charge in [-0.3, -0.25) is 4.99 Å². The summed E-state index contributed by atoms with van der Waals surface area (Å²) in [6.07, 6.45) is -1.91. The molecule has 30 heavy (non-hydrogen) atoms. The third kappa shape index (κ3) is 6.22. The first-order valence-electron chi connectivity index (χ1n) is 9.59. The largest absolute Gasteiger partial charge is 0.491 e. The van der Waals surface area contributed by atoms with Gasteiger partial charge in [0.05, 0.1) is 18.7 Å². The molecule has 1 aromatic heterocycles. The number of para-hydroxylation sites is 1. The molecule has 166 valence electrons. The second kappa shape index (κ2) is 10.8. The Morgan fingerprint density at radius 2 is 2.10 bits per heavy atom. The third-order valence-electron chi connectivity index (χ3n) is 4.63. The van der Waals surface area contributed by atoms with Crippen molar-refractivity contribution < 1.29 is 17.9 Å². The number of benzene rings is 1. The number of aromatic nitrogens is 3. The molecular weight excluding hydrogens is 512 g/mol. The Labute approximate surface area is 190 Å². The van der Waals surface area contributed by atoms with E-state index in [0.29, 0.717) is 19.0 Å². The van der Waals surface area contributed by atoms with Gasteiger partial charge in [-0.1, -0.05) is 19.1 Å². The van der Waals surface area contributed by atoms with Crippen LogP contribution in [0.3, 0.4) is 0 Å². The number of ether oxygens (including phenoxy) is 1. The molecule has 2 aromatic rings. The van der Waals surface area contributed by atoms with Crippen LogP contribution in [0.25, 0.3) is 0 Å². The minimum absolute atomic E-state index is 0. The van der Waals surface area contributed by atoms with Gasteiger partial charge in [0.1, 0.15) is 18.2 Å². The lowest BCUT2D eigenvalue weighted by atomic mass is 10.1. The predicted octanol–water partition coefficient (Wildman–Crippen LogP) is 3.04. The van der Waals surface area contributed by atoms with Gasteiger partial charge in [0.15, 0.2) is 11.8 Å². The van der Waals surface area contributed by atoms with Crippen LogP contribution in [0.2, 0.25) is 0 Å². The predicted molar refractivity (Wildman–Crippen MR) is 118 cm³/mol. The van der Waals surface area contributed by atoms with Gasteiger partial charge in [-0.2, -0.15) is 18.3 Å². The first kappa shape index (κ1) is 24.2. The zero-order chi connectivity index (χ0) is 20.9. The lowest BCUT2D eigenvalue weighted by Gasteiger charge is -2.25. The molecule has 0 bridgehead atoms. The van der Waals surface area contributed by atoms with Crippen molar-refractivity contribution in [1.29, 1.82) is 0 Å². The van der Waals surface area contributed by atoms with Crippen LogP contribution < -0.4 is 15.4 Å². The number of aliphatic imine (C=N–C) groups is 1. The van der Waals surface area contributed by atoms with Crippen LogP contribution in [0.15, 0.2) is 29.3 Å². The Balaban J connectivity index is 0.00000320. The minimum Gasteiger partial charge on any atom is -0.491 e. The molecular formula is C19H26F3IN6O. The summed E-state index contributed by atoms with van der Waals surface area (Å²) in [7, 11) is 1.65. The third-order valence-corrected chi connectivity index (χ3v) is 4.63. The van der Waals surface area contributed by atoms with E-state index in [1.165, 1.54) is 18.2 Å². The SMILES string of the molecule is CCc1nc2n(n1)CC(NC(=NC)NCCOc1ccccc1C(F)(F)F)CC2.I. The van der Waals surface area contributed by atoms with Gasteiger partial charge in [-0.15, -0.1) is 24.0 Å². The molecule has 3 rings (SSSR count). The molecule has 1 atom stereocenters. The van der Waals surface area contributed by atoms with E-state index in [2.05, 4.69) is 25.7 Å². The van der Waals surface area contributed by atoms with Gasteiger partial charge in [0, 0.05) is 25.9 Å². The number of halogens is 4. The first-order valence-corrected chi connectivity index (χ1v) is 9.59. The second-order valence-electron chi connectivity index (χ2n) is 6.70. The second-order valence-corrected chi connectivity index (χ2v) is 6.70. The number of aryl methyl sites for hydroxylation is 2. The molecule has 11 heteroatoms. The summed E-state index contributed by atoms with van der Waals surface area (Å²) in [5.74, 6) is 2.24. The van der Waals surface area contributed by atoms with Crippen LogP contribution in [-0.2, 0) is 25.6 Å². The lowest BCUT2D eigenvalue weighted by Crippen LogP contribution is -2.47. The topological polar surface area (TPSA) is 76.4 Å². The fourth-order valence-electron chi connectivity index (χ4n) is 3.17. The summed E-state index contributed by atoms with van der Waals surface area (Å²) in [5, 5.41) is 10.9. The number of alkyl halides is 3. The van der Waals surface area contributed by atoms with Crippen molar-refractivity contribution in [2.75, 3.05) is 20.2 Å². The van der Waals surface area contributed by atoms with Gasteiger partial charge in [-0.25, -0.2) is 9.67 Å². The number of fused-ring (bicyclic) bond motifs is 1. The molecule has 2 N–H and O–H groups in total. The van der Waals surface area contributed by atoms with E-state index in [-0.39, 0.29) is 42.4 Å². The minimum atomic E-state index is -4.44. The van der Waals surface area contributed by atoms with E-state index in [1.807, 2.05) is 11.6 Å². The number of nitrogens with zero attached hydrogens (tertiary/aromatic N) is 4. The molecule has 0 saturated carbocycles. The van der Waals surface area contributed by atoms with E-state index in [1.54, 1.807) is 7.05 Å². The highest BCUT2D eigenvalue weighted by Crippen LogP contribution is 2.35. The van der Waals surface area contributed by atoms with Gasteiger partial charge in [0.25, 0.3) is 0 Å². The normalized spacial score (nSPS) is 16.4. The average molecular weight is 538 g/mol. The molecule has 2 heterocycles. The molecule has 1 aliphatic rings. The lowest BCUT2D eigenvalue weighted by molar-refractivity contribution is -0.138. The highest BCUT2D eigenvalue weighted by atomic mass is 127. The number of guanidine groups is 1. The summed E-state index contributed by atoms with van der Waals surface area (Å²) in [5.41, 5.74) is -0.778. The molecule has 0 fully saturated rings. The van der Waals surface area contributed by atoms with E-state index >= 15 is 0 Å². The fraction of sp³-hybridized carbons (Fsp3) is 0.526. The monoisotopic (exact) mass is 538 g/mol. The van der Waals surface area contributed by atoms with Crippen LogP contribution >= 0.6 is 24.0 Å². The highest BCUT2D eigenvalue weighted by Gasteiger charge is 2.34. The van der Waals surface area contributed by atoms with Crippen LogP contribution in [0.5, 0.6) is 5.75 Å². The van der Waals surface area contributed by atoms with Crippen LogP contribution in [0.1, 0.15) is 30.6 Å². The van der Waals surface area contributed by atoms with E-state index in [0.717, 1.165) is 37.0 Å². The molecule has 1 unspecified atom stereocenters. The van der Waals surface area contributed by atoms with Gasteiger partial charge >= 0.3 is 6.18 Å². The van der Waals surface area contributed by atoms with Crippen molar-refractivity contribution in [2.45, 2.75) is 44.9 Å². The Hall–Kier alpha value is -2.05. The Kier molecular flexibility index (Phi) is 8.74. The van der Waals surface area contributed by atoms with Crippen LogP contribution in [0, 0.1) is 0 Å². The zero-order valence-corrected chi connectivity index (χ0v) is 19.2. The first-order chi connectivity index (χ1) is 13.9. The number of nitrogens with one attached hydrogen (secondary N) is 2. The summed E-state index contributed by atoms with van der Waals surface area (Å²) in [6.45, 7) is 3.11. The average Bonchev–Trinajstić information content (AvgIpc) is 3.12. The summed E-state index contributed by atoms with van der Waals surface area (Å²) in [6, 6.07) is 5.33. The number of hydrogen-bond acceptors (Lipinski definition) is 4. The van der Waals surface area contributed by atoms with E-state index in [4.69, 9.17) is 4.74 Å². The Morgan fingerprint density at radius 1 is 1.33 bits per heavy atom. The standard InChI is InChI=1S/C19H25F3N6O.HI/c1-3-16-26-17-9-8-13(12-28(17)27-16)25-18(23-2)24-10-11-29-15-7-5-4-6-14(15)19(20,21)22;/h4-7,13H,3,8-12H2,1-2H3,(H2,23,24,25);1H. The maximum Gasteiger partial charge on any atom is 0.419 e. The Bertz CT molecular complexity index is 855. The number of rotatable bonds is 6. The molecule has 1 aromatic carbocycles. The molecule has 0 radical (unpaired) electrons. The van der Waals surface area contributed by atoms with Crippen molar-refractivity contribution in [1.82, 2.24) is 25.4 Å². The molecule has 0 spiro atoms. The molecule has 0 aliphatic carbocycles.